The van der Waals surface area contributed by atoms with Crippen LogP contribution in [0.5, 0.6) is 0 Å². The van der Waals surface area contributed by atoms with Crippen LogP contribution >= 0.6 is 0 Å². The van der Waals surface area contributed by atoms with Gasteiger partial charge in [-0.25, -0.2) is 17.2 Å². The molecule has 0 bridgehead atoms. The molecule has 11 heteroatoms. The monoisotopic (exact) mass is 366 g/mol. The number of esters is 1. The van der Waals surface area contributed by atoms with Gasteiger partial charge in [-0.15, -0.1) is 0 Å². The summed E-state index contributed by atoms with van der Waals surface area (Å²) in [5.74, 6) is -4.29. The largest absolute Gasteiger partial charge is 0.455 e. The van der Waals surface area contributed by atoms with Crippen LogP contribution in [0, 0.1) is 11.6 Å². The molecule has 2 N–H and O–H groups in total. The molecule has 0 aliphatic rings. The van der Waals surface area contributed by atoms with Crippen LogP contribution in [0.4, 0.5) is 8.78 Å². The average Bonchev–Trinajstić information content (AvgIpc) is 2.51. The lowest BCUT2D eigenvalue weighted by Crippen LogP contribution is -2.35. The van der Waals surface area contributed by atoms with Gasteiger partial charge in [0.05, 0.1) is 6.61 Å². The maximum Gasteiger partial charge on any atom is 0.321 e. The van der Waals surface area contributed by atoms with E-state index in [1.807, 2.05) is 0 Å². The first kappa shape index (κ1) is 19.9. The average molecular weight is 366 g/mol. The van der Waals surface area contributed by atoms with Gasteiger partial charge in [-0.05, 0) is 12.1 Å². The zero-order valence-electron chi connectivity index (χ0n) is 12.7. The summed E-state index contributed by atoms with van der Waals surface area (Å²) in [6.45, 7) is -1.03. The van der Waals surface area contributed by atoms with Crippen molar-refractivity contribution in [1.82, 2.24) is 10.0 Å². The molecule has 1 aromatic carbocycles. The second-order valence-corrected chi connectivity index (χ2v) is 6.08. The van der Waals surface area contributed by atoms with E-state index in [1.54, 1.807) is 4.72 Å². The van der Waals surface area contributed by atoms with Crippen molar-refractivity contribution in [2.24, 2.45) is 0 Å². The Morgan fingerprint density at radius 3 is 2.42 bits per heavy atom. The summed E-state index contributed by atoms with van der Waals surface area (Å²) in [5.41, 5.74) is 0. The number of methoxy groups -OCH3 is 1. The van der Waals surface area contributed by atoms with Crippen molar-refractivity contribution in [2.75, 3.05) is 33.4 Å². The van der Waals surface area contributed by atoms with Crippen molar-refractivity contribution in [1.29, 1.82) is 0 Å². The Labute approximate surface area is 137 Å². The third-order valence-corrected chi connectivity index (χ3v) is 4.04. The molecule has 1 aromatic rings. The lowest BCUT2D eigenvalue weighted by atomic mass is 10.3. The third-order valence-electron chi connectivity index (χ3n) is 2.59. The molecular formula is C13H16F2N2O6S. The van der Waals surface area contributed by atoms with Crippen LogP contribution in [-0.2, 0) is 29.1 Å². The van der Waals surface area contributed by atoms with E-state index in [0.717, 1.165) is 18.2 Å². The van der Waals surface area contributed by atoms with Crippen molar-refractivity contribution in [3.8, 4) is 0 Å². The number of benzene rings is 1. The summed E-state index contributed by atoms with van der Waals surface area (Å²) >= 11 is 0. The fourth-order valence-corrected chi connectivity index (χ4v) is 2.61. The first-order valence-corrected chi connectivity index (χ1v) is 8.11. The molecule has 0 aliphatic carbocycles. The number of carbonyl (C=O) groups is 2. The van der Waals surface area contributed by atoms with Gasteiger partial charge >= 0.3 is 5.97 Å². The number of hydrogen-bond donors (Lipinski definition) is 2. The SMILES string of the molecule is COCCNC(=O)COC(=O)CNS(=O)(=O)c1c(F)cccc1F. The number of ether oxygens (including phenoxy) is 2. The summed E-state index contributed by atoms with van der Waals surface area (Å²) in [6, 6.07) is 2.53. The highest BCUT2D eigenvalue weighted by Crippen LogP contribution is 2.17. The summed E-state index contributed by atoms with van der Waals surface area (Å²) in [5, 5.41) is 2.37. The van der Waals surface area contributed by atoms with Gasteiger partial charge in [-0.2, -0.15) is 4.72 Å². The number of sulfonamides is 1. The van der Waals surface area contributed by atoms with E-state index in [9.17, 15) is 26.8 Å². The van der Waals surface area contributed by atoms with E-state index in [-0.39, 0.29) is 13.2 Å². The molecule has 0 saturated carbocycles. The minimum Gasteiger partial charge on any atom is -0.455 e. The number of rotatable bonds is 9. The Kier molecular flexibility index (Phi) is 7.68. The van der Waals surface area contributed by atoms with E-state index < -0.39 is 51.6 Å². The molecule has 8 nitrogen and oxygen atoms in total. The molecule has 0 aliphatic heterocycles. The van der Waals surface area contributed by atoms with Gasteiger partial charge in [0.25, 0.3) is 5.91 Å². The van der Waals surface area contributed by atoms with Crippen LogP contribution < -0.4 is 10.0 Å². The minimum atomic E-state index is -4.59. The van der Waals surface area contributed by atoms with Gasteiger partial charge < -0.3 is 14.8 Å². The summed E-state index contributed by atoms with van der Waals surface area (Å²) < 4.78 is 61.4. The lowest BCUT2D eigenvalue weighted by Gasteiger charge is -2.09. The number of nitrogens with one attached hydrogen (secondary N) is 2. The first-order chi connectivity index (χ1) is 11.3. The van der Waals surface area contributed by atoms with Crippen LogP contribution in [0.15, 0.2) is 23.1 Å². The van der Waals surface area contributed by atoms with Crippen LogP contribution in [-0.4, -0.2) is 53.7 Å². The Balaban J connectivity index is 2.50. The number of halogens is 2. The lowest BCUT2D eigenvalue weighted by molar-refractivity contribution is -0.147. The van der Waals surface area contributed by atoms with Crippen molar-refractivity contribution >= 4 is 21.9 Å². The molecule has 0 radical (unpaired) electrons. The molecular weight excluding hydrogens is 350 g/mol. The van der Waals surface area contributed by atoms with Crippen LogP contribution in [0.2, 0.25) is 0 Å². The fourth-order valence-electron chi connectivity index (χ4n) is 1.51. The van der Waals surface area contributed by atoms with Crippen molar-refractivity contribution in [3.05, 3.63) is 29.8 Å². The quantitative estimate of drug-likeness (QED) is 0.452. The predicted molar refractivity (Wildman–Crippen MR) is 77.4 cm³/mol. The van der Waals surface area contributed by atoms with Gasteiger partial charge in [-0.3, -0.25) is 9.59 Å². The predicted octanol–water partition coefficient (Wildman–Crippen LogP) is -0.451. The molecule has 134 valence electrons. The zero-order chi connectivity index (χ0) is 18.2. The van der Waals surface area contributed by atoms with E-state index in [4.69, 9.17) is 4.74 Å². The van der Waals surface area contributed by atoms with Crippen molar-refractivity contribution < 1.29 is 36.3 Å². The zero-order valence-corrected chi connectivity index (χ0v) is 13.5. The van der Waals surface area contributed by atoms with Gasteiger partial charge in [0.1, 0.15) is 18.2 Å². The Morgan fingerprint density at radius 2 is 1.83 bits per heavy atom. The Hall–Kier alpha value is -2.11. The van der Waals surface area contributed by atoms with E-state index >= 15 is 0 Å². The highest BCUT2D eigenvalue weighted by molar-refractivity contribution is 7.89. The summed E-state index contributed by atoms with van der Waals surface area (Å²) in [7, 11) is -3.15. The Morgan fingerprint density at radius 1 is 1.21 bits per heavy atom. The van der Waals surface area contributed by atoms with E-state index in [1.165, 1.54) is 7.11 Å². The van der Waals surface area contributed by atoms with Gasteiger partial charge in [-0.1, -0.05) is 6.07 Å². The van der Waals surface area contributed by atoms with Gasteiger partial charge in [0, 0.05) is 13.7 Å². The second kappa shape index (κ2) is 9.25. The maximum absolute atomic E-state index is 13.4. The Bertz CT molecular complexity index is 675. The minimum absolute atomic E-state index is 0.214. The van der Waals surface area contributed by atoms with Crippen LogP contribution in [0.25, 0.3) is 0 Å². The molecule has 0 unspecified atom stereocenters. The van der Waals surface area contributed by atoms with Crippen LogP contribution in [0.3, 0.4) is 0 Å². The number of hydrogen-bond acceptors (Lipinski definition) is 6. The number of amides is 1. The highest BCUT2D eigenvalue weighted by Gasteiger charge is 2.24. The third kappa shape index (κ3) is 6.18. The van der Waals surface area contributed by atoms with E-state index in [2.05, 4.69) is 10.1 Å². The summed E-state index contributed by atoms with van der Waals surface area (Å²) in [4.78, 5) is 21.4. The fraction of sp³-hybridized carbons (Fsp3) is 0.385. The van der Waals surface area contributed by atoms with Gasteiger partial charge in [0.2, 0.25) is 10.0 Å². The smallest absolute Gasteiger partial charge is 0.321 e. The molecule has 0 saturated heterocycles. The number of carbonyl (C=O) groups excluding carboxylic acids is 2. The molecule has 1 rings (SSSR count). The standard InChI is InChI=1S/C13H16F2N2O6S/c1-22-6-5-16-11(18)8-23-12(19)7-17-24(20,21)13-9(14)3-2-4-10(13)15/h2-4,17H,5-8H2,1H3,(H,16,18). The normalized spacial score (nSPS) is 11.1. The topological polar surface area (TPSA) is 111 Å². The first-order valence-electron chi connectivity index (χ1n) is 6.63. The van der Waals surface area contributed by atoms with Crippen molar-refractivity contribution in [3.63, 3.8) is 0 Å². The maximum atomic E-state index is 13.4. The highest BCUT2D eigenvalue weighted by atomic mass is 32.2. The molecule has 0 spiro atoms. The molecule has 0 heterocycles. The van der Waals surface area contributed by atoms with Gasteiger partial charge in [0.15, 0.2) is 11.5 Å². The van der Waals surface area contributed by atoms with Crippen molar-refractivity contribution in [2.45, 2.75) is 4.90 Å². The molecule has 1 amide bonds. The second-order valence-electron chi connectivity index (χ2n) is 4.38. The van der Waals surface area contributed by atoms with Crippen LogP contribution in [0.1, 0.15) is 0 Å². The van der Waals surface area contributed by atoms with E-state index in [0.29, 0.717) is 0 Å². The molecule has 24 heavy (non-hydrogen) atoms. The molecule has 0 fully saturated rings. The molecule has 0 aromatic heterocycles. The molecule has 0 atom stereocenters. The summed E-state index contributed by atoms with van der Waals surface area (Å²) in [6.07, 6.45) is 0.